The van der Waals surface area contributed by atoms with Gasteiger partial charge in [-0.1, -0.05) is 13.8 Å². The van der Waals surface area contributed by atoms with E-state index in [0.717, 1.165) is 13.1 Å². The maximum Gasteiger partial charge on any atom is 0.00850 e. The lowest BCUT2D eigenvalue weighted by Crippen LogP contribution is -2.50. The van der Waals surface area contributed by atoms with Crippen LogP contribution in [0.15, 0.2) is 0 Å². The Morgan fingerprint density at radius 2 is 1.25 bits per heavy atom. The molecule has 0 saturated carbocycles. The van der Waals surface area contributed by atoms with Crippen molar-refractivity contribution in [2.24, 2.45) is 0 Å². The standard InChI is InChI=1S/C4H14N4/c1-3-5-7-8-6-4-2/h5-8H,3-4H2,1-2H3. The Labute approximate surface area is 49.9 Å². The molecule has 0 aromatic rings. The van der Waals surface area contributed by atoms with Gasteiger partial charge in [-0.25, -0.2) is 10.9 Å². The van der Waals surface area contributed by atoms with Crippen molar-refractivity contribution in [1.29, 1.82) is 0 Å². The van der Waals surface area contributed by atoms with Gasteiger partial charge in [-0.2, -0.15) is 11.1 Å². The monoisotopic (exact) mass is 118 g/mol. The quantitative estimate of drug-likeness (QED) is 0.280. The molecular weight excluding hydrogens is 104 g/mol. The summed E-state index contributed by atoms with van der Waals surface area (Å²) in [5.41, 5.74) is 11.2. The molecular formula is C4H14N4. The van der Waals surface area contributed by atoms with Crippen LogP contribution in [0.1, 0.15) is 13.8 Å². The molecule has 50 valence electrons. The highest BCUT2D eigenvalue weighted by atomic mass is 15.7. The summed E-state index contributed by atoms with van der Waals surface area (Å²) in [6.07, 6.45) is 0. The summed E-state index contributed by atoms with van der Waals surface area (Å²) in [4.78, 5) is 0. The highest BCUT2D eigenvalue weighted by Gasteiger charge is 1.73. The maximum atomic E-state index is 2.86. The van der Waals surface area contributed by atoms with E-state index < -0.39 is 0 Å². The SMILES string of the molecule is CCNNNNCC. The van der Waals surface area contributed by atoms with Gasteiger partial charge < -0.3 is 0 Å². The molecule has 0 unspecified atom stereocenters. The smallest absolute Gasteiger partial charge is 0.00850 e. The number of hydrogen-bond donors (Lipinski definition) is 4. The van der Waals surface area contributed by atoms with Gasteiger partial charge in [0.2, 0.25) is 0 Å². The van der Waals surface area contributed by atoms with Gasteiger partial charge in [0, 0.05) is 13.1 Å². The van der Waals surface area contributed by atoms with Gasteiger partial charge in [0.1, 0.15) is 0 Å². The average Bonchev–Trinajstić information content (AvgIpc) is 1.81. The summed E-state index contributed by atoms with van der Waals surface area (Å²) in [6, 6.07) is 0. The molecule has 0 aromatic carbocycles. The topological polar surface area (TPSA) is 48.1 Å². The summed E-state index contributed by atoms with van der Waals surface area (Å²) in [6.45, 7) is 5.83. The van der Waals surface area contributed by atoms with Crippen LogP contribution >= 0.6 is 0 Å². The predicted octanol–water partition coefficient (Wildman–Crippen LogP) is -0.870. The average molecular weight is 118 g/mol. The van der Waals surface area contributed by atoms with Crippen LogP contribution in [0, 0.1) is 0 Å². The minimum Gasteiger partial charge on any atom is -0.243 e. The Morgan fingerprint density at radius 1 is 0.875 bits per heavy atom. The third kappa shape index (κ3) is 5.84. The first-order valence-corrected chi connectivity index (χ1v) is 2.87. The zero-order valence-corrected chi connectivity index (χ0v) is 5.41. The molecule has 0 radical (unpaired) electrons. The molecule has 4 N–H and O–H groups in total. The molecule has 0 bridgehead atoms. The van der Waals surface area contributed by atoms with Crippen molar-refractivity contribution in [3.05, 3.63) is 0 Å². The zero-order chi connectivity index (χ0) is 6.24. The lowest BCUT2D eigenvalue weighted by Gasteiger charge is -2.04. The van der Waals surface area contributed by atoms with Crippen LogP contribution in [0.5, 0.6) is 0 Å². The van der Waals surface area contributed by atoms with Gasteiger partial charge in [-0.05, 0) is 0 Å². The van der Waals surface area contributed by atoms with Crippen LogP contribution in [-0.4, -0.2) is 13.1 Å². The summed E-state index contributed by atoms with van der Waals surface area (Å²) < 4.78 is 0. The van der Waals surface area contributed by atoms with Gasteiger partial charge >= 0.3 is 0 Å². The highest BCUT2D eigenvalue weighted by Crippen LogP contribution is 1.41. The van der Waals surface area contributed by atoms with E-state index in [4.69, 9.17) is 0 Å². The van der Waals surface area contributed by atoms with E-state index >= 15 is 0 Å². The second kappa shape index (κ2) is 6.84. The number of nitrogens with one attached hydrogen (secondary N) is 4. The van der Waals surface area contributed by atoms with E-state index in [1.54, 1.807) is 0 Å². The first-order valence-electron chi connectivity index (χ1n) is 2.87. The summed E-state index contributed by atoms with van der Waals surface area (Å²) in [5.74, 6) is 0. The van der Waals surface area contributed by atoms with Crippen LogP contribution in [0.2, 0.25) is 0 Å². The zero-order valence-electron chi connectivity index (χ0n) is 5.41. The second-order valence-corrected chi connectivity index (χ2v) is 1.31. The maximum absolute atomic E-state index is 2.86. The molecule has 0 spiro atoms. The van der Waals surface area contributed by atoms with Gasteiger partial charge in [0.05, 0.1) is 0 Å². The first-order chi connectivity index (χ1) is 3.91. The molecule has 0 aliphatic heterocycles. The molecule has 0 aromatic heterocycles. The fourth-order valence-electron chi connectivity index (χ4n) is 0.265. The van der Waals surface area contributed by atoms with Crippen molar-refractivity contribution in [3.63, 3.8) is 0 Å². The lowest BCUT2D eigenvalue weighted by molar-refractivity contribution is 0.383. The molecule has 0 fully saturated rings. The largest absolute Gasteiger partial charge is 0.243 e. The molecule has 0 amide bonds. The molecule has 4 heteroatoms. The van der Waals surface area contributed by atoms with E-state index in [0.29, 0.717) is 0 Å². The van der Waals surface area contributed by atoms with E-state index in [9.17, 15) is 0 Å². The van der Waals surface area contributed by atoms with Crippen LogP contribution in [-0.2, 0) is 0 Å². The molecule has 0 aliphatic carbocycles. The molecule has 0 heterocycles. The fourth-order valence-corrected chi connectivity index (χ4v) is 0.265. The van der Waals surface area contributed by atoms with Crippen molar-refractivity contribution >= 4 is 0 Å². The number of hydrogen-bond acceptors (Lipinski definition) is 4. The van der Waals surface area contributed by atoms with E-state index in [1.165, 1.54) is 0 Å². The first kappa shape index (κ1) is 7.84. The van der Waals surface area contributed by atoms with E-state index in [1.807, 2.05) is 13.8 Å². The Balaban J connectivity index is 2.53. The Kier molecular flexibility index (Phi) is 6.70. The fraction of sp³-hybridized carbons (Fsp3) is 1.00. The Hall–Kier alpha value is -0.160. The third-order valence-electron chi connectivity index (χ3n) is 0.593. The normalized spacial score (nSPS) is 9.75. The molecule has 0 atom stereocenters. The van der Waals surface area contributed by atoms with Crippen LogP contribution in [0.3, 0.4) is 0 Å². The van der Waals surface area contributed by atoms with Crippen LogP contribution < -0.4 is 21.9 Å². The molecule has 8 heavy (non-hydrogen) atoms. The number of hydrazine groups is 3. The summed E-state index contributed by atoms with van der Waals surface area (Å²) in [5, 5.41) is 0. The molecule has 4 nitrogen and oxygen atoms in total. The highest BCUT2D eigenvalue weighted by molar-refractivity contribution is 4.24. The Bertz CT molecular complexity index is 33.0. The third-order valence-corrected chi connectivity index (χ3v) is 0.593. The van der Waals surface area contributed by atoms with Crippen molar-refractivity contribution in [2.75, 3.05) is 13.1 Å². The lowest BCUT2D eigenvalue weighted by atomic mass is 10.8. The van der Waals surface area contributed by atoms with Crippen LogP contribution in [0.25, 0.3) is 0 Å². The van der Waals surface area contributed by atoms with Gasteiger partial charge in [-0.3, -0.25) is 0 Å². The van der Waals surface area contributed by atoms with Crippen molar-refractivity contribution < 1.29 is 0 Å². The summed E-state index contributed by atoms with van der Waals surface area (Å²) >= 11 is 0. The van der Waals surface area contributed by atoms with Gasteiger partial charge in [0.25, 0.3) is 0 Å². The summed E-state index contributed by atoms with van der Waals surface area (Å²) in [7, 11) is 0. The van der Waals surface area contributed by atoms with Gasteiger partial charge in [0.15, 0.2) is 0 Å². The minimum absolute atomic E-state index is 0.901. The second-order valence-electron chi connectivity index (χ2n) is 1.31. The molecule has 0 rings (SSSR count). The number of rotatable bonds is 5. The predicted molar refractivity (Wildman–Crippen MR) is 33.6 cm³/mol. The van der Waals surface area contributed by atoms with E-state index in [-0.39, 0.29) is 0 Å². The molecule has 0 aliphatic rings. The van der Waals surface area contributed by atoms with Crippen LogP contribution in [0.4, 0.5) is 0 Å². The van der Waals surface area contributed by atoms with Gasteiger partial charge in [-0.15, -0.1) is 0 Å². The van der Waals surface area contributed by atoms with Crippen molar-refractivity contribution in [2.45, 2.75) is 13.8 Å². The molecule has 0 saturated heterocycles. The Morgan fingerprint density at radius 3 is 1.50 bits per heavy atom. The van der Waals surface area contributed by atoms with E-state index in [2.05, 4.69) is 21.9 Å². The minimum atomic E-state index is 0.901. The van der Waals surface area contributed by atoms with Crippen molar-refractivity contribution in [3.8, 4) is 0 Å². The van der Waals surface area contributed by atoms with Crippen molar-refractivity contribution in [1.82, 2.24) is 21.9 Å².